The number of amides is 3. The summed E-state index contributed by atoms with van der Waals surface area (Å²) in [5, 5.41) is 16.2. The Hall–Kier alpha value is -1.81. The van der Waals surface area contributed by atoms with Crippen LogP contribution in [0.15, 0.2) is 0 Å². The number of carboxylic acids is 1. The zero-order valence-corrected chi connectivity index (χ0v) is 16.4. The van der Waals surface area contributed by atoms with E-state index in [1.165, 1.54) is 25.6 Å². The molecule has 0 saturated heterocycles. The normalized spacial score (nSPS) is 14.0. The highest BCUT2D eigenvalue weighted by molar-refractivity contribution is 7.99. The van der Waals surface area contributed by atoms with Crippen molar-refractivity contribution in [3.63, 3.8) is 0 Å². The lowest BCUT2D eigenvalue weighted by atomic mass is 10.2. The molecule has 0 bridgehead atoms. The van der Waals surface area contributed by atoms with E-state index in [1.54, 1.807) is 6.92 Å². The highest BCUT2D eigenvalue weighted by Gasteiger charge is 2.21. The summed E-state index contributed by atoms with van der Waals surface area (Å²) >= 11 is 1.53. The summed E-state index contributed by atoms with van der Waals surface area (Å²) in [6.07, 6.45) is 2.56. The zero-order valence-electron chi connectivity index (χ0n) is 15.5. The van der Waals surface area contributed by atoms with E-state index >= 15 is 0 Å². The molecule has 3 unspecified atom stereocenters. The lowest BCUT2D eigenvalue weighted by Crippen LogP contribution is -2.53. The fourth-order valence-electron chi connectivity index (χ4n) is 1.82. The Morgan fingerprint density at radius 2 is 1.50 bits per heavy atom. The molecule has 0 aliphatic heterocycles. The molecule has 0 rings (SSSR count). The van der Waals surface area contributed by atoms with Crippen LogP contribution in [-0.2, 0) is 19.2 Å². The number of nitrogens with two attached hydrogens (primary N) is 1. The maximum absolute atomic E-state index is 11.9. The predicted molar refractivity (Wildman–Crippen MR) is 100 cm³/mol. The maximum atomic E-state index is 11.9. The molecule has 3 atom stereocenters. The molecule has 6 N–H and O–H groups in total. The summed E-state index contributed by atoms with van der Waals surface area (Å²) < 4.78 is 0. The predicted octanol–water partition coefficient (Wildman–Crippen LogP) is -0.205. The van der Waals surface area contributed by atoms with Gasteiger partial charge < -0.3 is 26.8 Å². The van der Waals surface area contributed by atoms with E-state index < -0.39 is 35.9 Å². The maximum Gasteiger partial charge on any atom is 0.303 e. The van der Waals surface area contributed by atoms with Crippen LogP contribution in [0.1, 0.15) is 46.5 Å². The average Bonchev–Trinajstić information content (AvgIpc) is 2.56. The van der Waals surface area contributed by atoms with Crippen molar-refractivity contribution in [2.24, 2.45) is 5.73 Å². The number of hydrogen-bond acceptors (Lipinski definition) is 6. The first kappa shape index (κ1) is 24.2. The van der Waals surface area contributed by atoms with Gasteiger partial charge in [-0.2, -0.15) is 0 Å². The van der Waals surface area contributed by atoms with E-state index in [0.29, 0.717) is 12.3 Å². The number of hydrogen-bond donors (Lipinski definition) is 5. The number of nitrogens with one attached hydrogen (secondary N) is 3. The first-order valence-corrected chi connectivity index (χ1v) is 9.74. The number of unbranched alkanes of at least 4 members (excludes halogenated alkanes) is 2. The van der Waals surface area contributed by atoms with E-state index in [9.17, 15) is 19.2 Å². The molecule has 26 heavy (non-hydrogen) atoms. The standard InChI is InChI=1S/C16H30N4O5S/c1-10(17)14(23)19-12(3)16(25)20-11(2)15(24)18-9-26-8-6-4-5-7-13(21)22/h10-12H,4-9,17H2,1-3H3,(H,18,24)(H,19,23)(H,20,25)(H,21,22). The van der Waals surface area contributed by atoms with Gasteiger partial charge in [0, 0.05) is 6.42 Å². The van der Waals surface area contributed by atoms with Crippen molar-refractivity contribution in [3.05, 3.63) is 0 Å². The van der Waals surface area contributed by atoms with E-state index in [2.05, 4.69) is 16.0 Å². The number of carboxylic acid groups (broad SMARTS) is 1. The van der Waals surface area contributed by atoms with Gasteiger partial charge in [0.25, 0.3) is 0 Å². The molecule has 0 saturated carbocycles. The Labute approximate surface area is 158 Å². The molecule has 0 aromatic heterocycles. The fourth-order valence-corrected chi connectivity index (χ4v) is 2.62. The van der Waals surface area contributed by atoms with Gasteiger partial charge in [-0.25, -0.2) is 0 Å². The smallest absolute Gasteiger partial charge is 0.303 e. The zero-order chi connectivity index (χ0) is 20.1. The number of thioether (sulfide) groups is 1. The van der Waals surface area contributed by atoms with Crippen LogP contribution in [0, 0.1) is 0 Å². The molecule has 0 aliphatic carbocycles. The topological polar surface area (TPSA) is 151 Å². The fraction of sp³-hybridized carbons (Fsp3) is 0.750. The van der Waals surface area contributed by atoms with Crippen molar-refractivity contribution in [2.75, 3.05) is 11.6 Å². The van der Waals surface area contributed by atoms with Crippen LogP contribution in [0.3, 0.4) is 0 Å². The molecule has 3 amide bonds. The largest absolute Gasteiger partial charge is 0.481 e. The molecule has 0 fully saturated rings. The van der Waals surface area contributed by atoms with Gasteiger partial charge in [0.1, 0.15) is 12.1 Å². The van der Waals surface area contributed by atoms with Crippen molar-refractivity contribution in [1.29, 1.82) is 0 Å². The van der Waals surface area contributed by atoms with E-state index in [1.807, 2.05) is 0 Å². The lowest BCUT2D eigenvalue weighted by molar-refractivity contribution is -0.137. The van der Waals surface area contributed by atoms with Crippen molar-refractivity contribution in [1.82, 2.24) is 16.0 Å². The Bertz CT molecular complexity index is 487. The summed E-state index contributed by atoms with van der Waals surface area (Å²) in [7, 11) is 0. The summed E-state index contributed by atoms with van der Waals surface area (Å²) in [5.74, 6) is -0.775. The highest BCUT2D eigenvalue weighted by atomic mass is 32.2. The van der Waals surface area contributed by atoms with Crippen LogP contribution in [0.5, 0.6) is 0 Å². The third-order valence-electron chi connectivity index (χ3n) is 3.45. The first-order chi connectivity index (χ1) is 12.1. The summed E-state index contributed by atoms with van der Waals surface area (Å²) in [5.41, 5.74) is 5.42. The van der Waals surface area contributed by atoms with Crippen LogP contribution in [-0.4, -0.2) is 58.6 Å². The molecule has 0 heterocycles. The van der Waals surface area contributed by atoms with Gasteiger partial charge in [-0.1, -0.05) is 6.42 Å². The Balaban J connectivity index is 3.89. The second-order valence-electron chi connectivity index (χ2n) is 6.05. The van der Waals surface area contributed by atoms with Crippen LogP contribution in [0.25, 0.3) is 0 Å². The minimum Gasteiger partial charge on any atom is -0.481 e. The monoisotopic (exact) mass is 390 g/mol. The van der Waals surface area contributed by atoms with E-state index in [0.717, 1.165) is 18.6 Å². The summed E-state index contributed by atoms with van der Waals surface area (Å²) in [6, 6.07) is -2.23. The lowest BCUT2D eigenvalue weighted by Gasteiger charge is -2.19. The van der Waals surface area contributed by atoms with Crippen molar-refractivity contribution in [3.8, 4) is 0 Å². The van der Waals surface area contributed by atoms with Crippen LogP contribution in [0.4, 0.5) is 0 Å². The quantitative estimate of drug-likeness (QED) is 0.216. The molecule has 0 aromatic carbocycles. The molecule has 9 nitrogen and oxygen atoms in total. The summed E-state index contributed by atoms with van der Waals surface area (Å²) in [4.78, 5) is 45.7. The van der Waals surface area contributed by atoms with E-state index in [4.69, 9.17) is 10.8 Å². The second kappa shape index (κ2) is 13.4. The van der Waals surface area contributed by atoms with Gasteiger partial charge in [-0.15, -0.1) is 11.8 Å². The van der Waals surface area contributed by atoms with Crippen LogP contribution >= 0.6 is 11.8 Å². The molecular formula is C16H30N4O5S. The third kappa shape index (κ3) is 11.7. The molecule has 0 aromatic rings. The van der Waals surface area contributed by atoms with Gasteiger partial charge in [-0.05, 0) is 39.4 Å². The number of carbonyl (C=O) groups is 4. The second-order valence-corrected chi connectivity index (χ2v) is 7.15. The number of carbonyl (C=O) groups excluding carboxylic acids is 3. The molecular weight excluding hydrogens is 360 g/mol. The Kier molecular flexibility index (Phi) is 12.5. The minimum absolute atomic E-state index is 0.182. The molecule has 0 aliphatic rings. The molecule has 0 spiro atoms. The van der Waals surface area contributed by atoms with Gasteiger partial charge in [0.15, 0.2) is 0 Å². The highest BCUT2D eigenvalue weighted by Crippen LogP contribution is 2.06. The van der Waals surface area contributed by atoms with Crippen LogP contribution in [0.2, 0.25) is 0 Å². The third-order valence-corrected chi connectivity index (χ3v) is 4.37. The van der Waals surface area contributed by atoms with Gasteiger partial charge in [0.05, 0.1) is 11.9 Å². The summed E-state index contributed by atoms with van der Waals surface area (Å²) in [6.45, 7) is 4.59. The first-order valence-electron chi connectivity index (χ1n) is 8.58. The number of rotatable bonds is 13. The van der Waals surface area contributed by atoms with Crippen molar-refractivity contribution in [2.45, 2.75) is 64.6 Å². The van der Waals surface area contributed by atoms with Gasteiger partial charge >= 0.3 is 5.97 Å². The Morgan fingerprint density at radius 1 is 0.923 bits per heavy atom. The molecule has 150 valence electrons. The van der Waals surface area contributed by atoms with Crippen molar-refractivity contribution < 1.29 is 24.3 Å². The van der Waals surface area contributed by atoms with Crippen molar-refractivity contribution >= 4 is 35.5 Å². The van der Waals surface area contributed by atoms with Gasteiger partial charge in [-0.3, -0.25) is 19.2 Å². The number of aliphatic carboxylic acids is 1. The van der Waals surface area contributed by atoms with Gasteiger partial charge in [0.2, 0.25) is 17.7 Å². The van der Waals surface area contributed by atoms with Crippen LogP contribution < -0.4 is 21.7 Å². The molecule has 10 heteroatoms. The SMILES string of the molecule is CC(N)C(=O)NC(C)C(=O)NC(C)C(=O)NCSCCCCCC(=O)O. The molecule has 0 radical (unpaired) electrons. The average molecular weight is 391 g/mol. The Morgan fingerprint density at radius 3 is 2.08 bits per heavy atom. The van der Waals surface area contributed by atoms with E-state index in [-0.39, 0.29) is 12.3 Å². The minimum atomic E-state index is -0.788.